The Bertz CT molecular complexity index is 367. The van der Waals surface area contributed by atoms with Crippen molar-refractivity contribution in [1.82, 2.24) is 4.98 Å². The van der Waals surface area contributed by atoms with Crippen molar-refractivity contribution >= 4 is 17.6 Å². The predicted molar refractivity (Wildman–Crippen MR) is 45.6 cm³/mol. The summed E-state index contributed by atoms with van der Waals surface area (Å²) in [5.74, 6) is -1.16. The van der Waals surface area contributed by atoms with E-state index in [9.17, 15) is 18.0 Å². The third kappa shape index (κ3) is 4.16. The van der Waals surface area contributed by atoms with Crippen LogP contribution in [0.25, 0.3) is 0 Å². The molecule has 1 aromatic heterocycles. The number of carbonyl (C=O) groups is 1. The summed E-state index contributed by atoms with van der Waals surface area (Å²) in [5.41, 5.74) is -0.258. The lowest BCUT2D eigenvalue weighted by atomic mass is 10.3. The fourth-order valence-corrected chi connectivity index (χ4v) is 0.897. The number of ether oxygens (including phenoxy) is 1. The molecule has 0 bridgehead atoms. The van der Waals surface area contributed by atoms with E-state index >= 15 is 0 Å². The molecule has 0 aromatic carbocycles. The first-order chi connectivity index (χ1) is 6.88. The second-order valence-corrected chi connectivity index (χ2v) is 2.99. The number of esters is 1. The molecule has 0 amide bonds. The van der Waals surface area contributed by atoms with Crippen LogP contribution in [0.4, 0.5) is 13.2 Å². The van der Waals surface area contributed by atoms with Crippen molar-refractivity contribution in [1.29, 1.82) is 0 Å². The summed E-state index contributed by atoms with van der Waals surface area (Å²) in [6.07, 6.45) is -3.35. The van der Waals surface area contributed by atoms with Crippen LogP contribution in [0.2, 0.25) is 5.02 Å². The molecule has 0 unspecified atom stereocenters. The molecule has 0 aliphatic carbocycles. The van der Waals surface area contributed by atoms with Gasteiger partial charge in [0.1, 0.15) is 5.69 Å². The lowest BCUT2D eigenvalue weighted by Crippen LogP contribution is -2.20. The van der Waals surface area contributed by atoms with Gasteiger partial charge in [0.25, 0.3) is 0 Å². The van der Waals surface area contributed by atoms with Crippen LogP contribution in [0.1, 0.15) is 10.5 Å². The maximum absolute atomic E-state index is 11.7. The van der Waals surface area contributed by atoms with Gasteiger partial charge in [0.05, 0.1) is 0 Å². The second-order valence-electron chi connectivity index (χ2n) is 2.55. The maximum atomic E-state index is 11.7. The van der Waals surface area contributed by atoms with Crippen LogP contribution in [0, 0.1) is 0 Å². The molecule has 1 rings (SSSR count). The molecular formula is C8H5ClF3NO2. The number of hydrogen-bond acceptors (Lipinski definition) is 3. The van der Waals surface area contributed by atoms with Gasteiger partial charge in [-0.15, -0.1) is 0 Å². The summed E-state index contributed by atoms with van der Waals surface area (Å²) in [7, 11) is 0. The van der Waals surface area contributed by atoms with Crippen molar-refractivity contribution < 1.29 is 22.7 Å². The maximum Gasteiger partial charge on any atom is 0.422 e. The van der Waals surface area contributed by atoms with Crippen LogP contribution >= 0.6 is 11.6 Å². The van der Waals surface area contributed by atoms with E-state index in [4.69, 9.17) is 11.6 Å². The van der Waals surface area contributed by atoms with Crippen molar-refractivity contribution in [3.05, 3.63) is 29.0 Å². The van der Waals surface area contributed by atoms with E-state index in [0.717, 1.165) is 6.07 Å². The van der Waals surface area contributed by atoms with Gasteiger partial charge < -0.3 is 4.74 Å². The Morgan fingerprint density at radius 1 is 1.53 bits per heavy atom. The minimum absolute atomic E-state index is 0.198. The Labute approximate surface area is 87.8 Å². The number of nitrogens with zero attached hydrogens (tertiary/aromatic N) is 1. The van der Waals surface area contributed by atoms with Gasteiger partial charge in [-0.3, -0.25) is 0 Å². The number of halogens is 4. The highest BCUT2D eigenvalue weighted by Gasteiger charge is 2.30. The van der Waals surface area contributed by atoms with E-state index in [-0.39, 0.29) is 10.7 Å². The minimum atomic E-state index is -4.55. The number of pyridine rings is 1. The smallest absolute Gasteiger partial charge is 0.422 e. The van der Waals surface area contributed by atoms with Gasteiger partial charge in [-0.2, -0.15) is 13.2 Å². The number of carbonyl (C=O) groups excluding carboxylic acids is 1. The molecule has 1 aromatic rings. The first-order valence-corrected chi connectivity index (χ1v) is 4.12. The quantitative estimate of drug-likeness (QED) is 0.744. The molecule has 0 spiro atoms. The highest BCUT2D eigenvalue weighted by Crippen LogP contribution is 2.16. The molecule has 0 radical (unpaired) electrons. The van der Waals surface area contributed by atoms with E-state index in [1.165, 1.54) is 12.3 Å². The molecule has 0 aliphatic heterocycles. The summed E-state index contributed by atoms with van der Waals surface area (Å²) >= 11 is 5.51. The molecule has 1 heterocycles. The monoisotopic (exact) mass is 239 g/mol. The fourth-order valence-electron chi connectivity index (χ4n) is 0.738. The number of hydrogen-bond donors (Lipinski definition) is 0. The molecule has 82 valence electrons. The van der Waals surface area contributed by atoms with Crippen LogP contribution in [-0.2, 0) is 4.74 Å². The normalized spacial score (nSPS) is 11.2. The zero-order chi connectivity index (χ0) is 11.5. The highest BCUT2D eigenvalue weighted by atomic mass is 35.5. The molecule has 0 N–H and O–H groups in total. The van der Waals surface area contributed by atoms with E-state index in [2.05, 4.69) is 9.72 Å². The van der Waals surface area contributed by atoms with Gasteiger partial charge >= 0.3 is 12.1 Å². The Hall–Kier alpha value is -1.30. The molecule has 0 aliphatic rings. The Morgan fingerprint density at radius 2 is 2.20 bits per heavy atom. The minimum Gasteiger partial charge on any atom is -0.451 e. The first-order valence-electron chi connectivity index (χ1n) is 3.74. The molecule has 3 nitrogen and oxygen atoms in total. The van der Waals surface area contributed by atoms with Gasteiger partial charge in [0, 0.05) is 11.2 Å². The van der Waals surface area contributed by atoms with Crippen LogP contribution in [-0.4, -0.2) is 23.7 Å². The van der Waals surface area contributed by atoms with Crippen LogP contribution in [0.3, 0.4) is 0 Å². The van der Waals surface area contributed by atoms with E-state index in [1.807, 2.05) is 0 Å². The fraction of sp³-hybridized carbons (Fsp3) is 0.250. The van der Waals surface area contributed by atoms with E-state index in [1.54, 1.807) is 0 Å². The van der Waals surface area contributed by atoms with Crippen molar-refractivity contribution in [3.8, 4) is 0 Å². The van der Waals surface area contributed by atoms with Gasteiger partial charge in [-0.25, -0.2) is 9.78 Å². The largest absolute Gasteiger partial charge is 0.451 e. The Morgan fingerprint density at radius 3 is 2.73 bits per heavy atom. The third-order valence-corrected chi connectivity index (χ3v) is 1.53. The summed E-state index contributed by atoms with van der Waals surface area (Å²) in [5, 5.41) is 0.198. The van der Waals surface area contributed by atoms with Crippen molar-refractivity contribution in [3.63, 3.8) is 0 Å². The standard InChI is InChI=1S/C8H5ClF3NO2/c9-5-1-2-13-6(3-5)7(14)15-4-8(10,11)12/h1-3H,4H2. The average Bonchev–Trinajstić information content (AvgIpc) is 2.13. The number of aromatic nitrogens is 1. The molecule has 7 heteroatoms. The van der Waals surface area contributed by atoms with Crippen LogP contribution in [0.15, 0.2) is 18.3 Å². The lowest BCUT2D eigenvalue weighted by molar-refractivity contribution is -0.161. The zero-order valence-corrected chi connectivity index (χ0v) is 7.97. The molecule has 15 heavy (non-hydrogen) atoms. The van der Waals surface area contributed by atoms with Gasteiger partial charge in [0.2, 0.25) is 0 Å². The number of rotatable bonds is 2. The third-order valence-electron chi connectivity index (χ3n) is 1.30. The number of alkyl halides is 3. The average molecular weight is 240 g/mol. The van der Waals surface area contributed by atoms with Crippen molar-refractivity contribution in [2.45, 2.75) is 6.18 Å². The summed E-state index contributed by atoms with van der Waals surface area (Å²) in [6.45, 7) is -1.64. The lowest BCUT2D eigenvalue weighted by Gasteiger charge is -2.06. The van der Waals surface area contributed by atoms with Gasteiger partial charge in [0.15, 0.2) is 6.61 Å². The summed E-state index contributed by atoms with van der Waals surface area (Å²) < 4.78 is 39.0. The Balaban J connectivity index is 2.62. The predicted octanol–water partition coefficient (Wildman–Crippen LogP) is 2.45. The van der Waals surface area contributed by atoms with E-state index < -0.39 is 18.8 Å². The highest BCUT2D eigenvalue weighted by molar-refractivity contribution is 6.30. The van der Waals surface area contributed by atoms with Gasteiger partial charge in [-0.05, 0) is 12.1 Å². The molecule has 0 saturated heterocycles. The SMILES string of the molecule is O=C(OCC(F)(F)F)c1cc(Cl)ccn1. The van der Waals surface area contributed by atoms with E-state index in [0.29, 0.717) is 0 Å². The molecule has 0 atom stereocenters. The van der Waals surface area contributed by atoms with Crippen LogP contribution in [0.5, 0.6) is 0 Å². The first kappa shape index (κ1) is 11.8. The van der Waals surface area contributed by atoms with Crippen molar-refractivity contribution in [2.24, 2.45) is 0 Å². The summed E-state index contributed by atoms with van der Waals surface area (Å²) in [6, 6.07) is 2.52. The van der Waals surface area contributed by atoms with Crippen molar-refractivity contribution in [2.75, 3.05) is 6.61 Å². The molecule has 0 saturated carbocycles. The zero-order valence-electron chi connectivity index (χ0n) is 7.21. The summed E-state index contributed by atoms with van der Waals surface area (Å²) in [4.78, 5) is 14.5. The topological polar surface area (TPSA) is 39.2 Å². The van der Waals surface area contributed by atoms with Gasteiger partial charge in [-0.1, -0.05) is 11.6 Å². The Kier molecular flexibility index (Phi) is 3.52. The molecule has 0 fully saturated rings. The van der Waals surface area contributed by atoms with Crippen LogP contribution < -0.4 is 0 Å². The molecular weight excluding hydrogens is 235 g/mol. The second kappa shape index (κ2) is 4.48.